The molecule has 0 spiro atoms. The lowest BCUT2D eigenvalue weighted by atomic mass is 10.1. The number of amides is 1. The van der Waals surface area contributed by atoms with Crippen molar-refractivity contribution >= 4 is 17.2 Å². The van der Waals surface area contributed by atoms with Crippen molar-refractivity contribution in [1.29, 1.82) is 0 Å². The molecule has 1 amide bonds. The fourth-order valence-corrected chi connectivity index (χ4v) is 3.52. The number of carbonyl (C=O) groups excluding carboxylic acids is 1. The van der Waals surface area contributed by atoms with Crippen molar-refractivity contribution in [3.63, 3.8) is 0 Å². The molecule has 100 valence electrons. The van der Waals surface area contributed by atoms with E-state index in [-0.39, 0.29) is 5.91 Å². The highest BCUT2D eigenvalue weighted by Crippen LogP contribution is 2.19. The number of thiazole rings is 1. The summed E-state index contributed by atoms with van der Waals surface area (Å²) in [5, 5.41) is 4.23. The average Bonchev–Trinajstić information content (AvgIpc) is 2.54. The largest absolute Gasteiger partial charge is 0.353 e. The fourth-order valence-electron chi connectivity index (χ4n) is 2.59. The first-order chi connectivity index (χ1) is 8.65. The second-order valence-electron chi connectivity index (χ2n) is 5.17. The molecule has 0 saturated heterocycles. The number of hydrogen-bond donors (Lipinski definition) is 1. The lowest BCUT2D eigenvalue weighted by Gasteiger charge is -2.15. The van der Waals surface area contributed by atoms with Crippen LogP contribution in [0.15, 0.2) is 0 Å². The molecule has 4 heteroatoms. The van der Waals surface area contributed by atoms with Crippen LogP contribution in [0.5, 0.6) is 0 Å². The van der Waals surface area contributed by atoms with Gasteiger partial charge in [-0.3, -0.25) is 4.79 Å². The lowest BCUT2D eigenvalue weighted by molar-refractivity contribution is -0.121. The number of carbonyl (C=O) groups is 1. The molecule has 1 aliphatic rings. The van der Waals surface area contributed by atoms with Crippen LogP contribution >= 0.6 is 11.3 Å². The van der Waals surface area contributed by atoms with Crippen LogP contribution in [0.25, 0.3) is 0 Å². The van der Waals surface area contributed by atoms with E-state index in [2.05, 4.69) is 10.3 Å². The number of aryl methyl sites for hydroxylation is 2. The van der Waals surface area contributed by atoms with E-state index < -0.39 is 0 Å². The van der Waals surface area contributed by atoms with Crippen LogP contribution in [-0.4, -0.2) is 16.9 Å². The van der Waals surface area contributed by atoms with Crippen molar-refractivity contribution in [2.75, 3.05) is 0 Å². The van der Waals surface area contributed by atoms with Gasteiger partial charge in [0.05, 0.1) is 17.1 Å². The Bertz CT molecular complexity index is 406. The van der Waals surface area contributed by atoms with E-state index in [4.69, 9.17) is 0 Å². The Morgan fingerprint density at radius 2 is 1.94 bits per heavy atom. The zero-order valence-corrected chi connectivity index (χ0v) is 12.1. The van der Waals surface area contributed by atoms with Crippen LogP contribution in [0.4, 0.5) is 0 Å². The molecule has 1 aromatic heterocycles. The molecule has 0 atom stereocenters. The van der Waals surface area contributed by atoms with E-state index in [1.807, 2.05) is 13.8 Å². The monoisotopic (exact) mass is 266 g/mol. The van der Waals surface area contributed by atoms with E-state index in [1.54, 1.807) is 11.3 Å². The van der Waals surface area contributed by atoms with Gasteiger partial charge >= 0.3 is 0 Å². The van der Waals surface area contributed by atoms with Crippen LogP contribution in [0.3, 0.4) is 0 Å². The van der Waals surface area contributed by atoms with Crippen LogP contribution in [0.2, 0.25) is 0 Å². The van der Waals surface area contributed by atoms with E-state index in [0.717, 1.165) is 28.4 Å². The molecule has 1 aliphatic carbocycles. The topological polar surface area (TPSA) is 42.0 Å². The average molecular weight is 266 g/mol. The van der Waals surface area contributed by atoms with Gasteiger partial charge in [0, 0.05) is 10.9 Å². The smallest absolute Gasteiger partial charge is 0.225 e. The summed E-state index contributed by atoms with van der Waals surface area (Å²) < 4.78 is 0. The highest BCUT2D eigenvalue weighted by molar-refractivity contribution is 7.11. The molecule has 1 fully saturated rings. The molecule has 2 rings (SSSR count). The van der Waals surface area contributed by atoms with Crippen molar-refractivity contribution in [2.24, 2.45) is 0 Å². The summed E-state index contributed by atoms with van der Waals surface area (Å²) in [6.07, 6.45) is 7.93. The zero-order chi connectivity index (χ0) is 13.0. The third-order valence-electron chi connectivity index (χ3n) is 3.54. The maximum Gasteiger partial charge on any atom is 0.225 e. The number of hydrogen-bond acceptors (Lipinski definition) is 3. The van der Waals surface area contributed by atoms with Gasteiger partial charge in [-0.2, -0.15) is 0 Å². The van der Waals surface area contributed by atoms with Gasteiger partial charge in [-0.05, 0) is 26.7 Å². The predicted molar refractivity (Wildman–Crippen MR) is 74.9 cm³/mol. The quantitative estimate of drug-likeness (QED) is 0.854. The number of nitrogens with one attached hydrogen (secondary N) is 1. The second kappa shape index (κ2) is 6.32. The van der Waals surface area contributed by atoms with Gasteiger partial charge in [-0.1, -0.05) is 25.7 Å². The Kier molecular flexibility index (Phi) is 4.75. The minimum Gasteiger partial charge on any atom is -0.353 e. The Morgan fingerprint density at radius 3 is 2.50 bits per heavy atom. The first-order valence-electron chi connectivity index (χ1n) is 6.87. The van der Waals surface area contributed by atoms with Gasteiger partial charge in [0.2, 0.25) is 5.91 Å². The molecule has 0 radical (unpaired) electrons. The van der Waals surface area contributed by atoms with Gasteiger partial charge in [-0.25, -0.2) is 4.98 Å². The van der Waals surface area contributed by atoms with Gasteiger partial charge in [0.15, 0.2) is 0 Å². The van der Waals surface area contributed by atoms with Crippen LogP contribution in [-0.2, 0) is 11.2 Å². The van der Waals surface area contributed by atoms with Crippen LogP contribution in [0, 0.1) is 13.8 Å². The summed E-state index contributed by atoms with van der Waals surface area (Å²) in [4.78, 5) is 17.5. The molecule has 1 N–H and O–H groups in total. The van der Waals surface area contributed by atoms with E-state index in [0.29, 0.717) is 12.5 Å². The Balaban J connectivity index is 1.86. The summed E-state index contributed by atoms with van der Waals surface area (Å²) >= 11 is 1.64. The standard InChI is InChI=1S/C14H22N2OS/c1-10-13(18-11(2)15-10)9-14(17)16-12-7-5-3-4-6-8-12/h12H,3-9H2,1-2H3,(H,16,17). The summed E-state index contributed by atoms with van der Waals surface area (Å²) in [6, 6.07) is 0.398. The van der Waals surface area contributed by atoms with E-state index in [9.17, 15) is 4.79 Å². The summed E-state index contributed by atoms with van der Waals surface area (Å²) in [5.41, 5.74) is 1.01. The first-order valence-corrected chi connectivity index (χ1v) is 7.69. The Morgan fingerprint density at radius 1 is 1.28 bits per heavy atom. The van der Waals surface area contributed by atoms with Crippen molar-refractivity contribution in [1.82, 2.24) is 10.3 Å². The van der Waals surface area contributed by atoms with Crippen molar-refractivity contribution in [3.05, 3.63) is 15.6 Å². The number of aromatic nitrogens is 1. The molecule has 1 heterocycles. The van der Waals surface area contributed by atoms with E-state index in [1.165, 1.54) is 25.7 Å². The van der Waals surface area contributed by atoms with Gasteiger partial charge in [0.25, 0.3) is 0 Å². The van der Waals surface area contributed by atoms with Crippen molar-refractivity contribution < 1.29 is 4.79 Å². The van der Waals surface area contributed by atoms with Gasteiger partial charge in [0.1, 0.15) is 0 Å². The van der Waals surface area contributed by atoms with E-state index >= 15 is 0 Å². The molecule has 0 aliphatic heterocycles. The molecule has 1 saturated carbocycles. The Hall–Kier alpha value is -0.900. The highest BCUT2D eigenvalue weighted by Gasteiger charge is 2.16. The van der Waals surface area contributed by atoms with Gasteiger partial charge in [-0.15, -0.1) is 11.3 Å². The molecule has 3 nitrogen and oxygen atoms in total. The summed E-state index contributed by atoms with van der Waals surface area (Å²) in [7, 11) is 0. The minimum absolute atomic E-state index is 0.161. The summed E-state index contributed by atoms with van der Waals surface area (Å²) in [5.74, 6) is 0.161. The molecule has 18 heavy (non-hydrogen) atoms. The zero-order valence-electron chi connectivity index (χ0n) is 11.3. The fraction of sp³-hybridized carbons (Fsp3) is 0.714. The highest BCUT2D eigenvalue weighted by atomic mass is 32.1. The minimum atomic E-state index is 0.161. The number of rotatable bonds is 3. The Labute approximate surface area is 113 Å². The normalized spacial score (nSPS) is 17.4. The van der Waals surface area contributed by atoms with Gasteiger partial charge < -0.3 is 5.32 Å². The van der Waals surface area contributed by atoms with Crippen LogP contribution in [0.1, 0.15) is 54.1 Å². The third-order valence-corrected chi connectivity index (χ3v) is 4.61. The van der Waals surface area contributed by atoms with Crippen molar-refractivity contribution in [3.8, 4) is 0 Å². The first kappa shape index (κ1) is 13.5. The maximum atomic E-state index is 12.0. The maximum absolute atomic E-state index is 12.0. The number of nitrogens with zero attached hydrogens (tertiary/aromatic N) is 1. The molecule has 0 aromatic carbocycles. The molecule has 1 aromatic rings. The molecular formula is C14H22N2OS. The lowest BCUT2D eigenvalue weighted by Crippen LogP contribution is -2.35. The van der Waals surface area contributed by atoms with Crippen LogP contribution < -0.4 is 5.32 Å². The second-order valence-corrected chi connectivity index (χ2v) is 6.46. The third kappa shape index (κ3) is 3.80. The molecular weight excluding hydrogens is 244 g/mol. The molecule has 0 unspecified atom stereocenters. The van der Waals surface area contributed by atoms with Crippen molar-refractivity contribution in [2.45, 2.75) is 64.8 Å². The predicted octanol–water partition coefficient (Wildman–Crippen LogP) is 3.14. The molecule has 0 bridgehead atoms. The SMILES string of the molecule is Cc1nc(C)c(CC(=O)NC2CCCCCC2)s1. The summed E-state index contributed by atoms with van der Waals surface area (Å²) in [6.45, 7) is 3.97.